The largest absolute Gasteiger partial charge is 0.352 e. The molecule has 10 heteroatoms. The molecular formula is C26H33Cl2N3O4S. The number of rotatable bonds is 11. The highest BCUT2D eigenvalue weighted by atomic mass is 35.5. The molecule has 1 saturated carbocycles. The third kappa shape index (κ3) is 7.60. The second kappa shape index (κ2) is 12.8. The van der Waals surface area contributed by atoms with Gasteiger partial charge >= 0.3 is 0 Å². The average Bonchev–Trinajstić information content (AvgIpc) is 3.34. The quantitative estimate of drug-likeness (QED) is 0.438. The van der Waals surface area contributed by atoms with Crippen LogP contribution in [-0.2, 0) is 26.0 Å². The zero-order valence-corrected chi connectivity index (χ0v) is 23.0. The van der Waals surface area contributed by atoms with Gasteiger partial charge in [0, 0.05) is 12.6 Å². The lowest BCUT2D eigenvalue weighted by atomic mass is 10.1. The summed E-state index contributed by atoms with van der Waals surface area (Å²) in [5.74, 6) is -0.665. The van der Waals surface area contributed by atoms with Crippen LogP contribution in [0.15, 0.2) is 48.5 Å². The monoisotopic (exact) mass is 553 g/mol. The van der Waals surface area contributed by atoms with Crippen molar-refractivity contribution in [2.24, 2.45) is 0 Å². The summed E-state index contributed by atoms with van der Waals surface area (Å²) in [6.45, 7) is 1.67. The molecule has 3 rings (SSSR count). The number of hydrogen-bond donors (Lipinski definition) is 1. The van der Waals surface area contributed by atoms with Crippen molar-refractivity contribution in [2.45, 2.75) is 57.5 Å². The Morgan fingerprint density at radius 2 is 1.72 bits per heavy atom. The van der Waals surface area contributed by atoms with E-state index in [1.807, 2.05) is 37.3 Å². The number of carbonyl (C=O) groups is 2. The fraction of sp³-hybridized carbons (Fsp3) is 0.462. The predicted molar refractivity (Wildman–Crippen MR) is 145 cm³/mol. The van der Waals surface area contributed by atoms with E-state index in [1.165, 1.54) is 23.1 Å². The molecule has 2 amide bonds. The van der Waals surface area contributed by atoms with Crippen molar-refractivity contribution in [1.82, 2.24) is 10.2 Å². The van der Waals surface area contributed by atoms with Crippen LogP contribution in [0.25, 0.3) is 0 Å². The first-order valence-electron chi connectivity index (χ1n) is 12.2. The van der Waals surface area contributed by atoms with Gasteiger partial charge in [0.1, 0.15) is 12.6 Å². The summed E-state index contributed by atoms with van der Waals surface area (Å²) in [5.41, 5.74) is 1.25. The van der Waals surface area contributed by atoms with E-state index in [-0.39, 0.29) is 34.2 Å². The van der Waals surface area contributed by atoms with Gasteiger partial charge in [0.25, 0.3) is 0 Å². The summed E-state index contributed by atoms with van der Waals surface area (Å²) in [7, 11) is -3.83. The van der Waals surface area contributed by atoms with Crippen molar-refractivity contribution in [2.75, 3.05) is 23.7 Å². The Morgan fingerprint density at radius 1 is 1.06 bits per heavy atom. The van der Waals surface area contributed by atoms with Crippen molar-refractivity contribution in [3.05, 3.63) is 64.1 Å². The molecule has 0 unspecified atom stereocenters. The Hall–Kier alpha value is -2.29. The minimum atomic E-state index is -3.83. The number of nitrogens with one attached hydrogen (secondary N) is 1. The van der Waals surface area contributed by atoms with Crippen molar-refractivity contribution in [1.29, 1.82) is 0 Å². The van der Waals surface area contributed by atoms with Crippen molar-refractivity contribution in [3.63, 3.8) is 0 Å². The van der Waals surface area contributed by atoms with Gasteiger partial charge < -0.3 is 10.2 Å². The van der Waals surface area contributed by atoms with Gasteiger partial charge in [-0.1, -0.05) is 73.3 Å². The zero-order valence-electron chi connectivity index (χ0n) is 20.6. The summed E-state index contributed by atoms with van der Waals surface area (Å²) >= 11 is 12.1. The maximum absolute atomic E-state index is 13.7. The van der Waals surface area contributed by atoms with Crippen molar-refractivity contribution >= 4 is 50.7 Å². The van der Waals surface area contributed by atoms with Crippen LogP contribution in [-0.4, -0.2) is 56.6 Å². The average molecular weight is 555 g/mol. The lowest BCUT2D eigenvalue weighted by Crippen LogP contribution is -2.54. The minimum Gasteiger partial charge on any atom is -0.352 e. The van der Waals surface area contributed by atoms with Crippen LogP contribution in [0, 0.1) is 0 Å². The fourth-order valence-corrected chi connectivity index (χ4v) is 5.65. The van der Waals surface area contributed by atoms with Gasteiger partial charge in [-0.2, -0.15) is 0 Å². The molecule has 2 aromatic carbocycles. The summed E-state index contributed by atoms with van der Waals surface area (Å²) < 4.78 is 26.3. The Kier molecular flexibility index (Phi) is 10.0. The third-order valence-electron chi connectivity index (χ3n) is 6.44. The molecule has 0 heterocycles. The standard InChI is InChI=1S/C26H33Cl2N3O4S/c1-3-24(26(33)29-20-11-7-8-12-20)30(16-15-19-9-5-4-6-10-19)25(32)18-31(36(2,34)35)21-13-14-22(27)23(28)17-21/h4-6,9-10,13-14,17,20,24H,3,7-8,11-12,15-16,18H2,1-2H3,(H,29,33)/t24-/m1/s1. The highest BCUT2D eigenvalue weighted by Gasteiger charge is 2.32. The molecular weight excluding hydrogens is 521 g/mol. The van der Waals surface area contributed by atoms with Crippen LogP contribution in [0.4, 0.5) is 5.69 Å². The summed E-state index contributed by atoms with van der Waals surface area (Å²) in [6.07, 6.45) is 5.98. The Bertz CT molecular complexity index is 1160. The smallest absolute Gasteiger partial charge is 0.244 e. The molecule has 0 spiro atoms. The van der Waals surface area contributed by atoms with E-state index in [4.69, 9.17) is 23.2 Å². The van der Waals surface area contributed by atoms with Crippen LogP contribution >= 0.6 is 23.2 Å². The van der Waals surface area contributed by atoms with Gasteiger partial charge in [0.2, 0.25) is 21.8 Å². The molecule has 0 aromatic heterocycles. The number of sulfonamides is 1. The van der Waals surface area contributed by atoms with Gasteiger partial charge in [-0.15, -0.1) is 0 Å². The highest BCUT2D eigenvalue weighted by molar-refractivity contribution is 7.92. The van der Waals surface area contributed by atoms with Gasteiger partial charge in [-0.25, -0.2) is 8.42 Å². The molecule has 1 N–H and O–H groups in total. The normalized spacial score (nSPS) is 14.9. The van der Waals surface area contributed by atoms with Crippen LogP contribution in [0.1, 0.15) is 44.6 Å². The minimum absolute atomic E-state index is 0.112. The molecule has 2 aromatic rings. The molecule has 1 aliphatic rings. The Balaban J connectivity index is 1.87. The predicted octanol–water partition coefficient (Wildman–Crippen LogP) is 4.67. The molecule has 196 valence electrons. The van der Waals surface area contributed by atoms with E-state index in [1.54, 1.807) is 0 Å². The lowest BCUT2D eigenvalue weighted by molar-refractivity contribution is -0.139. The highest BCUT2D eigenvalue weighted by Crippen LogP contribution is 2.28. The molecule has 36 heavy (non-hydrogen) atoms. The molecule has 7 nitrogen and oxygen atoms in total. The number of anilines is 1. The molecule has 0 radical (unpaired) electrons. The van der Waals surface area contributed by atoms with E-state index >= 15 is 0 Å². The molecule has 0 saturated heterocycles. The van der Waals surface area contributed by atoms with Gasteiger partial charge in [0.05, 0.1) is 22.0 Å². The molecule has 1 aliphatic carbocycles. The summed E-state index contributed by atoms with van der Waals surface area (Å²) in [6, 6.07) is 13.5. The van der Waals surface area contributed by atoms with Crippen molar-refractivity contribution in [3.8, 4) is 0 Å². The summed E-state index contributed by atoms with van der Waals surface area (Å²) in [4.78, 5) is 28.4. The van der Waals surface area contributed by atoms with Crippen molar-refractivity contribution < 1.29 is 18.0 Å². The van der Waals surface area contributed by atoms with Gasteiger partial charge in [-0.3, -0.25) is 13.9 Å². The fourth-order valence-electron chi connectivity index (χ4n) is 4.52. The van der Waals surface area contributed by atoms with E-state index in [0.29, 0.717) is 12.8 Å². The SMILES string of the molecule is CC[C@H](C(=O)NC1CCCC1)N(CCc1ccccc1)C(=O)CN(c1ccc(Cl)c(Cl)c1)S(C)(=O)=O. The molecule has 1 atom stereocenters. The van der Waals surface area contributed by atoms with E-state index < -0.39 is 28.5 Å². The number of hydrogen-bond acceptors (Lipinski definition) is 4. The van der Waals surface area contributed by atoms with E-state index in [2.05, 4.69) is 5.32 Å². The second-order valence-electron chi connectivity index (χ2n) is 9.10. The van der Waals surface area contributed by atoms with Gasteiger partial charge in [0.15, 0.2) is 0 Å². The van der Waals surface area contributed by atoms with Crippen LogP contribution in [0.5, 0.6) is 0 Å². The van der Waals surface area contributed by atoms with Crippen LogP contribution < -0.4 is 9.62 Å². The third-order valence-corrected chi connectivity index (χ3v) is 8.32. The number of benzene rings is 2. The number of carbonyl (C=O) groups excluding carboxylic acids is 2. The first-order valence-corrected chi connectivity index (χ1v) is 14.8. The Morgan fingerprint density at radius 3 is 2.31 bits per heavy atom. The zero-order chi connectivity index (χ0) is 26.3. The summed E-state index contributed by atoms with van der Waals surface area (Å²) in [5, 5.41) is 3.55. The first kappa shape index (κ1) is 28.3. The number of halogens is 2. The van der Waals surface area contributed by atoms with E-state index in [9.17, 15) is 18.0 Å². The van der Waals surface area contributed by atoms with E-state index in [0.717, 1.165) is 41.8 Å². The maximum atomic E-state index is 13.7. The molecule has 1 fully saturated rings. The number of amides is 2. The second-order valence-corrected chi connectivity index (χ2v) is 11.8. The van der Waals surface area contributed by atoms with Crippen LogP contribution in [0.3, 0.4) is 0 Å². The lowest BCUT2D eigenvalue weighted by Gasteiger charge is -2.33. The maximum Gasteiger partial charge on any atom is 0.244 e. The molecule has 0 bridgehead atoms. The molecule has 0 aliphatic heterocycles. The topological polar surface area (TPSA) is 86.8 Å². The number of nitrogens with zero attached hydrogens (tertiary/aromatic N) is 2. The van der Waals surface area contributed by atoms with Gasteiger partial charge in [-0.05, 0) is 49.4 Å². The van der Waals surface area contributed by atoms with Crippen LogP contribution in [0.2, 0.25) is 10.0 Å². The Labute approximate surface area is 223 Å². The first-order chi connectivity index (χ1) is 17.1.